The average Bonchev–Trinajstić information content (AvgIpc) is 2.61. The predicted octanol–water partition coefficient (Wildman–Crippen LogP) is 2.30. The Bertz CT molecular complexity index is 347. The molecular formula is C12H14ClFO3. The fourth-order valence-electron chi connectivity index (χ4n) is 1.70. The second-order valence-corrected chi connectivity index (χ2v) is 4.48. The minimum absolute atomic E-state index is 0.182. The van der Waals surface area contributed by atoms with E-state index in [0.29, 0.717) is 11.6 Å². The number of benzene rings is 1. The summed E-state index contributed by atoms with van der Waals surface area (Å²) in [7, 11) is 0. The number of aliphatic hydroxyl groups is 1. The lowest BCUT2D eigenvalue weighted by atomic mass is 10.2. The summed E-state index contributed by atoms with van der Waals surface area (Å²) < 4.78 is 23.3. The molecule has 1 aromatic rings. The van der Waals surface area contributed by atoms with E-state index in [2.05, 4.69) is 0 Å². The third-order valence-electron chi connectivity index (χ3n) is 2.62. The average molecular weight is 261 g/mol. The molecule has 0 bridgehead atoms. The van der Waals surface area contributed by atoms with E-state index in [1.165, 1.54) is 0 Å². The number of alkyl halides is 1. The van der Waals surface area contributed by atoms with Gasteiger partial charge in [-0.05, 0) is 17.7 Å². The number of halogens is 2. The van der Waals surface area contributed by atoms with Gasteiger partial charge in [0, 0.05) is 11.4 Å². The first-order valence-electron chi connectivity index (χ1n) is 5.45. The molecule has 1 aromatic carbocycles. The molecule has 0 spiro atoms. The van der Waals surface area contributed by atoms with Gasteiger partial charge in [0.2, 0.25) is 0 Å². The molecule has 17 heavy (non-hydrogen) atoms. The Hall–Kier alpha value is -0.680. The quantitative estimate of drug-likeness (QED) is 0.903. The zero-order valence-corrected chi connectivity index (χ0v) is 9.94. The van der Waals surface area contributed by atoms with E-state index >= 15 is 0 Å². The molecule has 94 valence electrons. The lowest BCUT2D eigenvalue weighted by Gasteiger charge is -2.10. The number of hydrogen-bond acceptors (Lipinski definition) is 3. The van der Waals surface area contributed by atoms with Crippen molar-refractivity contribution in [2.45, 2.75) is 31.6 Å². The number of hydrogen-bond donors (Lipinski definition) is 1. The Morgan fingerprint density at radius 1 is 1.41 bits per heavy atom. The third-order valence-corrected chi connectivity index (χ3v) is 2.87. The van der Waals surface area contributed by atoms with E-state index in [-0.39, 0.29) is 19.1 Å². The predicted molar refractivity (Wildman–Crippen MR) is 61.5 cm³/mol. The minimum Gasteiger partial charge on any atom is -0.374 e. The summed E-state index contributed by atoms with van der Waals surface area (Å²) in [4.78, 5) is 0. The summed E-state index contributed by atoms with van der Waals surface area (Å²) in [6.45, 7) is 0.699. The van der Waals surface area contributed by atoms with Crippen molar-refractivity contribution in [3.63, 3.8) is 0 Å². The number of rotatable bonds is 4. The largest absolute Gasteiger partial charge is 0.374 e. The van der Waals surface area contributed by atoms with Crippen molar-refractivity contribution >= 4 is 11.6 Å². The molecule has 0 aliphatic carbocycles. The summed E-state index contributed by atoms with van der Waals surface area (Å²) in [6, 6.07) is 7.30. The molecule has 1 N–H and O–H groups in total. The first kappa shape index (κ1) is 12.8. The van der Waals surface area contributed by atoms with E-state index < -0.39 is 12.5 Å². The third kappa shape index (κ3) is 3.64. The minimum atomic E-state index is -1.31. The molecule has 5 heteroatoms. The van der Waals surface area contributed by atoms with Crippen LogP contribution in [0.25, 0.3) is 0 Å². The maximum absolute atomic E-state index is 12.9. The molecule has 3 nitrogen and oxygen atoms in total. The molecule has 0 amide bonds. The van der Waals surface area contributed by atoms with Crippen molar-refractivity contribution in [3.8, 4) is 0 Å². The zero-order valence-electron chi connectivity index (χ0n) is 9.18. The summed E-state index contributed by atoms with van der Waals surface area (Å²) in [6.07, 6.45) is -2.80. The van der Waals surface area contributed by atoms with Gasteiger partial charge in [-0.15, -0.1) is 0 Å². The van der Waals surface area contributed by atoms with Crippen LogP contribution >= 0.6 is 11.6 Å². The van der Waals surface area contributed by atoms with Crippen molar-refractivity contribution in [3.05, 3.63) is 34.9 Å². The Morgan fingerprint density at radius 2 is 2.12 bits per heavy atom. The fraction of sp³-hybridized carbons (Fsp3) is 0.500. The molecule has 1 aliphatic rings. The lowest BCUT2D eigenvalue weighted by molar-refractivity contribution is -0.126. The van der Waals surface area contributed by atoms with Crippen molar-refractivity contribution in [2.24, 2.45) is 0 Å². The van der Waals surface area contributed by atoms with Gasteiger partial charge in [0.1, 0.15) is 0 Å². The first-order valence-corrected chi connectivity index (χ1v) is 5.83. The van der Waals surface area contributed by atoms with Crippen LogP contribution in [0.15, 0.2) is 24.3 Å². The molecular weight excluding hydrogens is 247 g/mol. The number of aliphatic hydroxyl groups excluding tert-OH is 1. The van der Waals surface area contributed by atoms with Gasteiger partial charge in [-0.25, -0.2) is 4.39 Å². The monoisotopic (exact) mass is 260 g/mol. The maximum atomic E-state index is 12.9. The van der Waals surface area contributed by atoms with Crippen LogP contribution in [-0.4, -0.2) is 30.3 Å². The van der Waals surface area contributed by atoms with Gasteiger partial charge in [-0.2, -0.15) is 0 Å². The highest BCUT2D eigenvalue weighted by Gasteiger charge is 2.33. The van der Waals surface area contributed by atoms with E-state index in [1.54, 1.807) is 12.1 Å². The molecule has 0 aromatic heterocycles. The standard InChI is InChI=1S/C12H14ClFO3/c13-9-3-1-8(2-4-9)6-16-7-10-5-11(14)12(15)17-10/h1-4,10-12,15H,5-7H2. The highest BCUT2D eigenvalue weighted by atomic mass is 35.5. The smallest absolute Gasteiger partial charge is 0.186 e. The van der Waals surface area contributed by atoms with Crippen LogP contribution in [0.3, 0.4) is 0 Å². The van der Waals surface area contributed by atoms with E-state index in [9.17, 15) is 4.39 Å². The maximum Gasteiger partial charge on any atom is 0.186 e. The molecule has 1 aliphatic heterocycles. The summed E-state index contributed by atoms with van der Waals surface area (Å²) in [5.74, 6) is 0. The van der Waals surface area contributed by atoms with Gasteiger partial charge in [0.05, 0.1) is 19.3 Å². The molecule has 3 unspecified atom stereocenters. The van der Waals surface area contributed by atoms with Gasteiger partial charge in [0.15, 0.2) is 12.5 Å². The molecule has 1 saturated heterocycles. The van der Waals surface area contributed by atoms with Gasteiger partial charge < -0.3 is 14.6 Å². The van der Waals surface area contributed by atoms with E-state index in [4.69, 9.17) is 26.2 Å². The molecule has 0 radical (unpaired) electrons. The Morgan fingerprint density at radius 3 is 2.71 bits per heavy atom. The summed E-state index contributed by atoms with van der Waals surface area (Å²) in [5, 5.41) is 9.72. The SMILES string of the molecule is OC1OC(COCc2ccc(Cl)cc2)CC1F. The van der Waals surface area contributed by atoms with Crippen LogP contribution in [0.4, 0.5) is 4.39 Å². The van der Waals surface area contributed by atoms with Crippen LogP contribution in [0.2, 0.25) is 5.02 Å². The fourth-order valence-corrected chi connectivity index (χ4v) is 1.83. The van der Waals surface area contributed by atoms with Crippen LogP contribution in [-0.2, 0) is 16.1 Å². The molecule has 0 saturated carbocycles. The van der Waals surface area contributed by atoms with E-state index in [0.717, 1.165) is 5.56 Å². The Labute approximate surface area is 104 Å². The molecule has 1 fully saturated rings. The van der Waals surface area contributed by atoms with Gasteiger partial charge >= 0.3 is 0 Å². The topological polar surface area (TPSA) is 38.7 Å². The van der Waals surface area contributed by atoms with Gasteiger partial charge in [0.25, 0.3) is 0 Å². The lowest BCUT2D eigenvalue weighted by Crippen LogP contribution is -2.17. The Kier molecular flexibility index (Phi) is 4.34. The van der Waals surface area contributed by atoms with Crippen LogP contribution in [0.5, 0.6) is 0 Å². The van der Waals surface area contributed by atoms with Gasteiger partial charge in [-0.3, -0.25) is 0 Å². The zero-order chi connectivity index (χ0) is 12.3. The van der Waals surface area contributed by atoms with Crippen LogP contribution < -0.4 is 0 Å². The second kappa shape index (κ2) is 5.78. The normalized spacial score (nSPS) is 28.5. The number of ether oxygens (including phenoxy) is 2. The van der Waals surface area contributed by atoms with Gasteiger partial charge in [-0.1, -0.05) is 23.7 Å². The van der Waals surface area contributed by atoms with Crippen LogP contribution in [0, 0.1) is 0 Å². The highest BCUT2D eigenvalue weighted by molar-refractivity contribution is 6.30. The van der Waals surface area contributed by atoms with Crippen molar-refractivity contribution in [1.29, 1.82) is 0 Å². The molecule has 1 heterocycles. The summed E-state index contributed by atoms with van der Waals surface area (Å²) in [5.41, 5.74) is 0.991. The second-order valence-electron chi connectivity index (χ2n) is 4.04. The molecule has 3 atom stereocenters. The molecule has 2 rings (SSSR count). The van der Waals surface area contributed by atoms with Crippen molar-refractivity contribution in [2.75, 3.05) is 6.61 Å². The first-order chi connectivity index (χ1) is 8.15. The summed E-state index contributed by atoms with van der Waals surface area (Å²) >= 11 is 5.75. The van der Waals surface area contributed by atoms with E-state index in [1.807, 2.05) is 12.1 Å². The van der Waals surface area contributed by atoms with Crippen molar-refractivity contribution in [1.82, 2.24) is 0 Å². The highest BCUT2D eigenvalue weighted by Crippen LogP contribution is 2.22. The van der Waals surface area contributed by atoms with Crippen molar-refractivity contribution < 1.29 is 19.0 Å². The Balaban J connectivity index is 1.71. The van der Waals surface area contributed by atoms with Crippen LogP contribution in [0.1, 0.15) is 12.0 Å².